The summed E-state index contributed by atoms with van der Waals surface area (Å²) in [6.45, 7) is 8.15. The quantitative estimate of drug-likeness (QED) is 0.832. The van der Waals surface area contributed by atoms with Gasteiger partial charge in [0.25, 0.3) is 0 Å². The highest BCUT2D eigenvalue weighted by atomic mass is 15.3. The summed E-state index contributed by atoms with van der Waals surface area (Å²) in [5.74, 6) is 2.16. The molecule has 0 radical (unpaired) electrons. The molecule has 0 amide bonds. The minimum absolute atomic E-state index is 0.975. The summed E-state index contributed by atoms with van der Waals surface area (Å²) in [5.41, 5.74) is 1.30. The SMILES string of the molecule is Cc1cccnc1N1CCN(CC2CCCC2)CC1. The Morgan fingerprint density at radius 1 is 1.16 bits per heavy atom. The van der Waals surface area contributed by atoms with Crippen LogP contribution in [0.3, 0.4) is 0 Å². The van der Waals surface area contributed by atoms with Gasteiger partial charge in [-0.1, -0.05) is 18.9 Å². The first-order valence-corrected chi connectivity index (χ1v) is 7.72. The molecule has 0 N–H and O–H groups in total. The fourth-order valence-electron chi connectivity index (χ4n) is 3.51. The van der Waals surface area contributed by atoms with E-state index in [0.29, 0.717) is 0 Å². The van der Waals surface area contributed by atoms with E-state index in [0.717, 1.165) is 19.0 Å². The minimum atomic E-state index is 0.975. The molecule has 0 bridgehead atoms. The van der Waals surface area contributed by atoms with E-state index in [9.17, 15) is 0 Å². The molecule has 104 valence electrons. The minimum Gasteiger partial charge on any atom is -0.354 e. The highest BCUT2D eigenvalue weighted by Gasteiger charge is 2.23. The second-order valence-electron chi connectivity index (χ2n) is 6.08. The van der Waals surface area contributed by atoms with Crippen molar-refractivity contribution in [2.24, 2.45) is 5.92 Å². The Morgan fingerprint density at radius 3 is 2.58 bits per heavy atom. The Kier molecular flexibility index (Phi) is 4.02. The predicted molar refractivity (Wildman–Crippen MR) is 79.6 cm³/mol. The van der Waals surface area contributed by atoms with Crippen LogP contribution in [-0.2, 0) is 0 Å². The summed E-state index contributed by atoms with van der Waals surface area (Å²) in [7, 11) is 0. The van der Waals surface area contributed by atoms with Crippen molar-refractivity contribution in [3.63, 3.8) is 0 Å². The van der Waals surface area contributed by atoms with Crippen molar-refractivity contribution in [1.82, 2.24) is 9.88 Å². The molecule has 0 unspecified atom stereocenters. The van der Waals surface area contributed by atoms with E-state index in [1.54, 1.807) is 0 Å². The van der Waals surface area contributed by atoms with Gasteiger partial charge in [0, 0.05) is 38.9 Å². The summed E-state index contributed by atoms with van der Waals surface area (Å²) in [5, 5.41) is 0. The maximum atomic E-state index is 4.54. The standard InChI is InChI=1S/C16H25N3/c1-14-5-4-8-17-16(14)19-11-9-18(10-12-19)13-15-6-2-3-7-15/h4-5,8,15H,2-3,6-7,9-13H2,1H3. The zero-order valence-electron chi connectivity index (χ0n) is 12.0. The number of piperazine rings is 1. The molecule has 0 spiro atoms. The number of rotatable bonds is 3. The number of nitrogens with zero attached hydrogens (tertiary/aromatic N) is 3. The van der Waals surface area contributed by atoms with E-state index >= 15 is 0 Å². The molecule has 1 aromatic rings. The van der Waals surface area contributed by atoms with Gasteiger partial charge in [-0.2, -0.15) is 0 Å². The maximum absolute atomic E-state index is 4.54. The maximum Gasteiger partial charge on any atom is 0.131 e. The molecule has 1 aliphatic carbocycles. The van der Waals surface area contributed by atoms with E-state index in [4.69, 9.17) is 0 Å². The van der Waals surface area contributed by atoms with Crippen molar-refractivity contribution < 1.29 is 0 Å². The van der Waals surface area contributed by atoms with E-state index < -0.39 is 0 Å². The lowest BCUT2D eigenvalue weighted by molar-refractivity contribution is 0.219. The van der Waals surface area contributed by atoms with Crippen LogP contribution in [0.25, 0.3) is 0 Å². The summed E-state index contributed by atoms with van der Waals surface area (Å²) in [4.78, 5) is 9.64. The van der Waals surface area contributed by atoms with Crippen LogP contribution in [0.15, 0.2) is 18.3 Å². The molecule has 19 heavy (non-hydrogen) atoms. The Labute approximate surface area is 116 Å². The van der Waals surface area contributed by atoms with E-state index in [-0.39, 0.29) is 0 Å². The largest absolute Gasteiger partial charge is 0.354 e. The first kappa shape index (κ1) is 12.9. The monoisotopic (exact) mass is 259 g/mol. The first-order valence-electron chi connectivity index (χ1n) is 7.72. The molecule has 2 aliphatic rings. The fraction of sp³-hybridized carbons (Fsp3) is 0.688. The molecular weight excluding hydrogens is 234 g/mol. The molecule has 1 aromatic heterocycles. The van der Waals surface area contributed by atoms with Crippen molar-refractivity contribution in [1.29, 1.82) is 0 Å². The molecule has 0 atom stereocenters. The fourth-order valence-corrected chi connectivity index (χ4v) is 3.51. The summed E-state index contributed by atoms with van der Waals surface area (Å²) in [6, 6.07) is 4.18. The van der Waals surface area contributed by atoms with Crippen LogP contribution >= 0.6 is 0 Å². The van der Waals surface area contributed by atoms with Gasteiger partial charge in [0.2, 0.25) is 0 Å². The average molecular weight is 259 g/mol. The van der Waals surface area contributed by atoms with E-state index in [1.165, 1.54) is 56.7 Å². The van der Waals surface area contributed by atoms with Gasteiger partial charge >= 0.3 is 0 Å². The summed E-state index contributed by atoms with van der Waals surface area (Å²) < 4.78 is 0. The normalized spacial score (nSPS) is 22.1. The van der Waals surface area contributed by atoms with Crippen LogP contribution < -0.4 is 4.90 Å². The number of aryl methyl sites for hydroxylation is 1. The average Bonchev–Trinajstić information content (AvgIpc) is 2.93. The zero-order chi connectivity index (χ0) is 13.1. The topological polar surface area (TPSA) is 19.4 Å². The van der Waals surface area contributed by atoms with Crippen molar-refractivity contribution in [3.8, 4) is 0 Å². The van der Waals surface area contributed by atoms with Crippen LogP contribution in [0.1, 0.15) is 31.2 Å². The van der Waals surface area contributed by atoms with Crippen LogP contribution in [0.2, 0.25) is 0 Å². The predicted octanol–water partition coefficient (Wildman–Crippen LogP) is 2.70. The molecule has 1 saturated heterocycles. The second-order valence-corrected chi connectivity index (χ2v) is 6.08. The van der Waals surface area contributed by atoms with Crippen molar-refractivity contribution in [3.05, 3.63) is 23.9 Å². The van der Waals surface area contributed by atoms with E-state index in [2.05, 4.69) is 27.8 Å². The van der Waals surface area contributed by atoms with Crippen molar-refractivity contribution in [2.45, 2.75) is 32.6 Å². The number of pyridine rings is 1. The van der Waals surface area contributed by atoms with Gasteiger partial charge in [0.15, 0.2) is 0 Å². The third-order valence-electron chi connectivity index (χ3n) is 4.64. The second kappa shape index (κ2) is 5.91. The summed E-state index contributed by atoms with van der Waals surface area (Å²) >= 11 is 0. The van der Waals surface area contributed by atoms with E-state index in [1.807, 2.05) is 12.3 Å². The molecule has 3 nitrogen and oxygen atoms in total. The lowest BCUT2D eigenvalue weighted by atomic mass is 10.1. The van der Waals surface area contributed by atoms with Crippen LogP contribution in [0.4, 0.5) is 5.82 Å². The molecule has 1 aliphatic heterocycles. The van der Waals surface area contributed by atoms with Crippen LogP contribution in [0, 0.1) is 12.8 Å². The number of aromatic nitrogens is 1. The first-order chi connectivity index (χ1) is 9.33. The molecule has 1 saturated carbocycles. The zero-order valence-corrected chi connectivity index (χ0v) is 12.0. The Hall–Kier alpha value is -1.09. The van der Waals surface area contributed by atoms with Gasteiger partial charge in [0.05, 0.1) is 0 Å². The molecule has 0 aromatic carbocycles. The van der Waals surface area contributed by atoms with Gasteiger partial charge in [-0.3, -0.25) is 4.90 Å². The number of hydrogen-bond acceptors (Lipinski definition) is 3. The molecular formula is C16H25N3. The molecule has 3 rings (SSSR count). The van der Waals surface area contributed by atoms with Gasteiger partial charge in [-0.05, 0) is 37.3 Å². The Bertz CT molecular complexity index is 404. The third kappa shape index (κ3) is 3.08. The molecule has 2 fully saturated rings. The van der Waals surface area contributed by atoms with Gasteiger partial charge in [-0.25, -0.2) is 4.98 Å². The molecule has 3 heteroatoms. The number of anilines is 1. The lowest BCUT2D eigenvalue weighted by Crippen LogP contribution is -2.48. The summed E-state index contributed by atoms with van der Waals surface area (Å²) in [6.07, 6.45) is 7.74. The lowest BCUT2D eigenvalue weighted by Gasteiger charge is -2.37. The van der Waals surface area contributed by atoms with Gasteiger partial charge in [0.1, 0.15) is 5.82 Å². The van der Waals surface area contributed by atoms with Crippen LogP contribution in [-0.4, -0.2) is 42.6 Å². The third-order valence-corrected chi connectivity index (χ3v) is 4.64. The number of hydrogen-bond donors (Lipinski definition) is 0. The van der Waals surface area contributed by atoms with Gasteiger partial charge in [-0.15, -0.1) is 0 Å². The van der Waals surface area contributed by atoms with Gasteiger partial charge < -0.3 is 4.90 Å². The van der Waals surface area contributed by atoms with Crippen molar-refractivity contribution >= 4 is 5.82 Å². The smallest absolute Gasteiger partial charge is 0.131 e. The highest BCUT2D eigenvalue weighted by molar-refractivity contribution is 5.46. The highest BCUT2D eigenvalue weighted by Crippen LogP contribution is 2.26. The molecule has 2 heterocycles. The van der Waals surface area contributed by atoms with Crippen molar-refractivity contribution in [2.75, 3.05) is 37.6 Å². The Morgan fingerprint density at radius 2 is 1.89 bits per heavy atom. The van der Waals surface area contributed by atoms with Crippen LogP contribution in [0.5, 0.6) is 0 Å². The Balaban J connectivity index is 1.53.